The molecule has 2 amide bonds. The summed E-state index contributed by atoms with van der Waals surface area (Å²) >= 11 is 1.64. The van der Waals surface area contributed by atoms with Gasteiger partial charge in [0.25, 0.3) is 5.91 Å². The Hall–Kier alpha value is -2.73. The number of thioether (sulfide) groups is 1. The number of nitrogens with one attached hydrogen (secondary N) is 1. The largest absolute Gasteiger partial charge is 0.351 e. The minimum Gasteiger partial charge on any atom is -0.351 e. The van der Waals surface area contributed by atoms with Gasteiger partial charge in [-0.2, -0.15) is 0 Å². The standard InChI is InChI=1S/C28H33N3O2S/c1-28(27(33)29-21-12-6-4-3-5-7-13-21)19-30-24-16-9-8-11-20(24)17-25(30)26(32)31(28)22-14-10-15-23(18-22)34-2/h8-11,14-18,21H,3-7,12-13,19H2,1-2H3,(H,29,33)/t28-/m0/s1. The molecule has 1 saturated carbocycles. The third-order valence-electron chi connectivity index (χ3n) is 7.43. The molecule has 2 heterocycles. The normalized spacial score (nSPS) is 21.7. The highest BCUT2D eigenvalue weighted by atomic mass is 32.2. The van der Waals surface area contributed by atoms with Crippen LogP contribution in [0.1, 0.15) is 62.4 Å². The predicted molar refractivity (Wildman–Crippen MR) is 140 cm³/mol. The van der Waals surface area contributed by atoms with Crippen LogP contribution in [-0.2, 0) is 11.3 Å². The number of carbonyl (C=O) groups excluding carboxylic acids is 2. The van der Waals surface area contributed by atoms with Crippen molar-refractivity contribution in [1.29, 1.82) is 0 Å². The summed E-state index contributed by atoms with van der Waals surface area (Å²) in [6.07, 6.45) is 10.1. The van der Waals surface area contributed by atoms with E-state index in [0.29, 0.717) is 12.2 Å². The van der Waals surface area contributed by atoms with Crippen LogP contribution in [0.25, 0.3) is 10.9 Å². The van der Waals surface area contributed by atoms with Crippen LogP contribution < -0.4 is 10.2 Å². The van der Waals surface area contributed by atoms with Crippen molar-refractivity contribution >= 4 is 40.2 Å². The Morgan fingerprint density at radius 2 is 1.74 bits per heavy atom. The number of rotatable bonds is 4. The van der Waals surface area contributed by atoms with Gasteiger partial charge in [0.1, 0.15) is 11.2 Å². The second-order valence-corrected chi connectivity index (χ2v) is 10.7. The quantitative estimate of drug-likeness (QED) is 0.470. The number of aromatic nitrogens is 1. The Labute approximate surface area is 205 Å². The summed E-state index contributed by atoms with van der Waals surface area (Å²) < 4.78 is 2.03. The zero-order chi connectivity index (χ0) is 23.7. The molecule has 0 saturated heterocycles. The lowest BCUT2D eigenvalue weighted by Gasteiger charge is -2.44. The lowest BCUT2D eigenvalue weighted by molar-refractivity contribution is -0.127. The number of benzene rings is 2. The fourth-order valence-electron chi connectivity index (χ4n) is 5.54. The molecule has 1 N–H and O–H groups in total. The fraction of sp³-hybridized carbons (Fsp3) is 0.429. The lowest BCUT2D eigenvalue weighted by Crippen LogP contribution is -2.65. The summed E-state index contributed by atoms with van der Waals surface area (Å²) in [6.45, 7) is 2.34. The average Bonchev–Trinajstić information content (AvgIpc) is 3.19. The van der Waals surface area contributed by atoms with Gasteiger partial charge in [-0.05, 0) is 56.4 Å². The topological polar surface area (TPSA) is 54.3 Å². The first-order valence-corrected chi connectivity index (χ1v) is 13.6. The summed E-state index contributed by atoms with van der Waals surface area (Å²) in [5.74, 6) is -0.194. The molecular formula is C28H33N3O2S. The van der Waals surface area contributed by atoms with Crippen LogP contribution in [-0.4, -0.2) is 34.2 Å². The fourth-order valence-corrected chi connectivity index (χ4v) is 5.99. The minimum absolute atomic E-state index is 0.0654. The van der Waals surface area contributed by atoms with Crippen LogP contribution in [0.3, 0.4) is 0 Å². The van der Waals surface area contributed by atoms with Crippen LogP contribution in [0.15, 0.2) is 59.5 Å². The Kier molecular flexibility index (Phi) is 6.43. The first-order valence-electron chi connectivity index (χ1n) is 12.4. The van der Waals surface area contributed by atoms with Crippen molar-refractivity contribution in [3.05, 3.63) is 60.3 Å². The van der Waals surface area contributed by atoms with E-state index in [2.05, 4.69) is 5.32 Å². The first-order chi connectivity index (χ1) is 16.5. The lowest BCUT2D eigenvalue weighted by atomic mass is 9.91. The average molecular weight is 476 g/mol. The number of fused-ring (bicyclic) bond motifs is 3. The van der Waals surface area contributed by atoms with Crippen LogP contribution in [0, 0.1) is 0 Å². The maximum Gasteiger partial charge on any atom is 0.275 e. The number of para-hydroxylation sites is 1. The molecule has 0 unspecified atom stereocenters. The zero-order valence-electron chi connectivity index (χ0n) is 20.0. The molecule has 2 aliphatic rings. The monoisotopic (exact) mass is 475 g/mol. The smallest absolute Gasteiger partial charge is 0.275 e. The molecule has 5 nitrogen and oxygen atoms in total. The summed E-state index contributed by atoms with van der Waals surface area (Å²) in [6, 6.07) is 18.1. The Balaban J connectivity index is 1.57. The molecule has 0 radical (unpaired) electrons. The highest BCUT2D eigenvalue weighted by molar-refractivity contribution is 7.98. The van der Waals surface area contributed by atoms with E-state index in [-0.39, 0.29) is 17.9 Å². The van der Waals surface area contributed by atoms with Crippen molar-refractivity contribution in [3.8, 4) is 0 Å². The molecule has 0 spiro atoms. The second kappa shape index (κ2) is 9.49. The Morgan fingerprint density at radius 3 is 2.50 bits per heavy atom. The van der Waals surface area contributed by atoms with Crippen LogP contribution in [0.4, 0.5) is 5.69 Å². The van der Waals surface area contributed by atoms with E-state index in [0.717, 1.165) is 47.2 Å². The Bertz CT molecular complexity index is 1210. The zero-order valence-corrected chi connectivity index (χ0v) is 20.9. The Morgan fingerprint density at radius 1 is 1.00 bits per heavy atom. The summed E-state index contributed by atoms with van der Waals surface area (Å²) in [4.78, 5) is 30.8. The van der Waals surface area contributed by atoms with E-state index in [1.165, 1.54) is 19.3 Å². The van der Waals surface area contributed by atoms with Crippen molar-refractivity contribution < 1.29 is 9.59 Å². The van der Waals surface area contributed by atoms with Crippen molar-refractivity contribution in [3.63, 3.8) is 0 Å². The molecule has 34 heavy (non-hydrogen) atoms. The first kappa shape index (κ1) is 23.0. The second-order valence-electron chi connectivity index (χ2n) is 9.81. The molecule has 3 aromatic rings. The van der Waals surface area contributed by atoms with Gasteiger partial charge >= 0.3 is 0 Å². The molecule has 1 atom stereocenters. The van der Waals surface area contributed by atoms with Gasteiger partial charge in [-0.25, -0.2) is 0 Å². The molecule has 1 aliphatic heterocycles. The van der Waals surface area contributed by atoms with Gasteiger partial charge < -0.3 is 9.88 Å². The van der Waals surface area contributed by atoms with Gasteiger partial charge in [0.15, 0.2) is 0 Å². The van der Waals surface area contributed by atoms with E-state index in [1.54, 1.807) is 16.7 Å². The van der Waals surface area contributed by atoms with E-state index >= 15 is 0 Å². The summed E-state index contributed by atoms with van der Waals surface area (Å²) in [5.41, 5.74) is 1.36. The number of amides is 2. The van der Waals surface area contributed by atoms with E-state index in [9.17, 15) is 9.59 Å². The summed E-state index contributed by atoms with van der Waals surface area (Å²) in [5, 5.41) is 4.39. The van der Waals surface area contributed by atoms with Gasteiger partial charge in [0.05, 0.1) is 6.54 Å². The van der Waals surface area contributed by atoms with Gasteiger partial charge in [-0.3, -0.25) is 14.5 Å². The molecular weight excluding hydrogens is 442 g/mol. The summed E-state index contributed by atoms with van der Waals surface area (Å²) in [7, 11) is 0. The molecule has 178 valence electrons. The minimum atomic E-state index is -1.04. The SMILES string of the molecule is CSc1cccc(N2C(=O)c3cc4ccccc4n3C[C@@]2(C)C(=O)NC2CCCCCCC2)c1. The molecule has 1 fully saturated rings. The van der Waals surface area contributed by atoms with Crippen molar-refractivity contribution in [1.82, 2.24) is 9.88 Å². The van der Waals surface area contributed by atoms with Crippen molar-refractivity contribution in [2.45, 2.75) is 74.9 Å². The molecule has 5 rings (SSSR count). The molecule has 6 heteroatoms. The number of carbonyl (C=O) groups is 2. The third kappa shape index (κ3) is 4.13. The van der Waals surface area contributed by atoms with E-state index in [1.807, 2.05) is 72.3 Å². The molecule has 1 aromatic heterocycles. The van der Waals surface area contributed by atoms with E-state index in [4.69, 9.17) is 0 Å². The van der Waals surface area contributed by atoms with Gasteiger partial charge in [0.2, 0.25) is 5.91 Å². The molecule has 0 bridgehead atoms. The molecule has 2 aromatic carbocycles. The predicted octanol–water partition coefficient (Wildman–Crippen LogP) is 6.01. The van der Waals surface area contributed by atoms with E-state index < -0.39 is 5.54 Å². The van der Waals surface area contributed by atoms with Crippen molar-refractivity contribution in [2.75, 3.05) is 11.2 Å². The van der Waals surface area contributed by atoms with Gasteiger partial charge in [-0.15, -0.1) is 11.8 Å². The van der Waals surface area contributed by atoms with Gasteiger partial charge in [-0.1, -0.05) is 56.4 Å². The number of hydrogen-bond acceptors (Lipinski definition) is 3. The highest BCUT2D eigenvalue weighted by Gasteiger charge is 2.49. The highest BCUT2D eigenvalue weighted by Crippen LogP contribution is 2.37. The number of anilines is 1. The number of nitrogens with zero attached hydrogens (tertiary/aromatic N) is 2. The number of hydrogen-bond donors (Lipinski definition) is 1. The third-order valence-corrected chi connectivity index (χ3v) is 8.16. The van der Waals surface area contributed by atoms with Gasteiger partial charge in [0, 0.05) is 27.5 Å². The van der Waals surface area contributed by atoms with Crippen LogP contribution in [0.2, 0.25) is 0 Å². The molecule has 1 aliphatic carbocycles. The van der Waals surface area contributed by atoms with Crippen LogP contribution >= 0.6 is 11.8 Å². The maximum atomic E-state index is 14.0. The van der Waals surface area contributed by atoms with Crippen molar-refractivity contribution in [2.24, 2.45) is 0 Å². The van der Waals surface area contributed by atoms with Crippen LogP contribution in [0.5, 0.6) is 0 Å². The maximum absolute atomic E-state index is 14.0.